The molecule has 20 heavy (non-hydrogen) atoms. The summed E-state index contributed by atoms with van der Waals surface area (Å²) in [6.45, 7) is 5.02. The fraction of sp³-hybridized carbons (Fsp3) is 0.625. The summed E-state index contributed by atoms with van der Waals surface area (Å²) < 4.78 is 7.88. The second kappa shape index (κ2) is 9.80. The highest BCUT2D eigenvalue weighted by Crippen LogP contribution is 2.35. The van der Waals surface area contributed by atoms with Crippen LogP contribution < -0.4 is 10.5 Å². The zero-order valence-electron chi connectivity index (χ0n) is 12.4. The van der Waals surface area contributed by atoms with Gasteiger partial charge in [-0.2, -0.15) is 0 Å². The van der Waals surface area contributed by atoms with Gasteiger partial charge in [0.15, 0.2) is 0 Å². The molecule has 4 heteroatoms. The molecule has 0 aliphatic carbocycles. The van der Waals surface area contributed by atoms with Crippen molar-refractivity contribution in [3.8, 4) is 5.75 Å². The van der Waals surface area contributed by atoms with Crippen LogP contribution in [0, 0.1) is 0 Å². The van der Waals surface area contributed by atoms with Crippen molar-refractivity contribution in [3.05, 3.63) is 26.6 Å². The van der Waals surface area contributed by atoms with E-state index in [4.69, 9.17) is 10.5 Å². The van der Waals surface area contributed by atoms with Crippen molar-refractivity contribution >= 4 is 31.9 Å². The van der Waals surface area contributed by atoms with E-state index >= 15 is 0 Å². The average molecular weight is 407 g/mol. The molecule has 0 bridgehead atoms. The van der Waals surface area contributed by atoms with Gasteiger partial charge in [-0.15, -0.1) is 0 Å². The zero-order valence-corrected chi connectivity index (χ0v) is 15.6. The maximum atomic E-state index is 5.88. The number of ether oxygens (including phenoxy) is 1. The molecule has 0 aromatic heterocycles. The van der Waals surface area contributed by atoms with Crippen LogP contribution in [0.25, 0.3) is 0 Å². The molecule has 1 atom stereocenters. The summed E-state index contributed by atoms with van der Waals surface area (Å²) in [5.41, 5.74) is 7.06. The van der Waals surface area contributed by atoms with Crippen LogP contribution in [0.4, 0.5) is 0 Å². The van der Waals surface area contributed by atoms with Crippen molar-refractivity contribution in [2.45, 2.75) is 58.4 Å². The first-order valence-corrected chi connectivity index (χ1v) is 8.99. The van der Waals surface area contributed by atoms with Gasteiger partial charge in [-0.1, -0.05) is 32.6 Å². The van der Waals surface area contributed by atoms with E-state index in [0.717, 1.165) is 34.1 Å². The molecule has 0 heterocycles. The fourth-order valence-electron chi connectivity index (χ4n) is 2.12. The molecular weight excluding hydrogens is 382 g/mol. The first-order valence-electron chi connectivity index (χ1n) is 7.41. The Morgan fingerprint density at radius 3 is 2.25 bits per heavy atom. The lowest BCUT2D eigenvalue weighted by molar-refractivity contribution is 0.301. The van der Waals surface area contributed by atoms with Gasteiger partial charge >= 0.3 is 0 Å². The summed E-state index contributed by atoms with van der Waals surface area (Å²) in [4.78, 5) is 0. The van der Waals surface area contributed by atoms with Crippen molar-refractivity contribution in [3.63, 3.8) is 0 Å². The van der Waals surface area contributed by atoms with Crippen molar-refractivity contribution in [2.75, 3.05) is 6.61 Å². The number of hydrogen-bond acceptors (Lipinski definition) is 2. The maximum Gasteiger partial charge on any atom is 0.147 e. The molecule has 2 nitrogen and oxygen atoms in total. The lowest BCUT2D eigenvalue weighted by Gasteiger charge is -2.13. The van der Waals surface area contributed by atoms with E-state index in [9.17, 15) is 0 Å². The normalized spacial score (nSPS) is 12.4. The van der Waals surface area contributed by atoms with Gasteiger partial charge in [0.2, 0.25) is 0 Å². The third-order valence-corrected chi connectivity index (χ3v) is 4.29. The fourth-order valence-corrected chi connectivity index (χ4v) is 3.63. The monoisotopic (exact) mass is 405 g/mol. The SMILES string of the molecule is CCCCCCCOc1c(Br)cc(CC(C)N)cc1Br. The van der Waals surface area contributed by atoms with E-state index in [-0.39, 0.29) is 6.04 Å². The summed E-state index contributed by atoms with van der Waals surface area (Å²) in [5, 5.41) is 0. The molecule has 0 spiro atoms. The van der Waals surface area contributed by atoms with Gasteiger partial charge in [0, 0.05) is 6.04 Å². The van der Waals surface area contributed by atoms with E-state index in [1.54, 1.807) is 0 Å². The Labute approximate surface area is 139 Å². The Balaban J connectivity index is 2.49. The second-order valence-corrected chi connectivity index (χ2v) is 7.04. The van der Waals surface area contributed by atoms with Gasteiger partial charge in [-0.3, -0.25) is 0 Å². The molecule has 0 amide bonds. The van der Waals surface area contributed by atoms with Crippen LogP contribution in [0.5, 0.6) is 5.75 Å². The lowest BCUT2D eigenvalue weighted by Crippen LogP contribution is -2.17. The molecule has 114 valence electrons. The highest BCUT2D eigenvalue weighted by Gasteiger charge is 2.10. The molecule has 1 aromatic carbocycles. The van der Waals surface area contributed by atoms with Crippen LogP contribution in [0.1, 0.15) is 51.5 Å². The maximum absolute atomic E-state index is 5.88. The van der Waals surface area contributed by atoms with Gasteiger partial charge in [-0.25, -0.2) is 0 Å². The number of rotatable bonds is 9. The Bertz CT molecular complexity index is 384. The highest BCUT2D eigenvalue weighted by molar-refractivity contribution is 9.11. The number of halogens is 2. The summed E-state index contributed by atoms with van der Waals surface area (Å²) in [6, 6.07) is 4.36. The van der Waals surface area contributed by atoms with Crippen molar-refractivity contribution in [2.24, 2.45) is 5.73 Å². The standard InChI is InChI=1S/C16H25Br2NO/c1-3-4-5-6-7-8-20-16-14(17)10-13(9-12(2)19)11-15(16)18/h10-12H,3-9,19H2,1-2H3. The lowest BCUT2D eigenvalue weighted by atomic mass is 10.1. The minimum absolute atomic E-state index is 0.166. The van der Waals surface area contributed by atoms with Crippen molar-refractivity contribution in [1.29, 1.82) is 0 Å². The molecule has 1 unspecified atom stereocenters. The van der Waals surface area contributed by atoms with Gasteiger partial charge in [0.05, 0.1) is 15.6 Å². The zero-order chi connectivity index (χ0) is 15.0. The first kappa shape index (κ1) is 18.0. The Morgan fingerprint density at radius 1 is 1.10 bits per heavy atom. The number of benzene rings is 1. The molecular formula is C16H25Br2NO. The average Bonchev–Trinajstić information content (AvgIpc) is 2.35. The highest BCUT2D eigenvalue weighted by atomic mass is 79.9. The second-order valence-electron chi connectivity index (χ2n) is 5.33. The molecule has 1 rings (SSSR count). The largest absolute Gasteiger partial charge is 0.491 e. The molecule has 0 aliphatic heterocycles. The predicted molar refractivity (Wildman–Crippen MR) is 93.4 cm³/mol. The molecule has 0 saturated carbocycles. The van der Waals surface area contributed by atoms with Gasteiger partial charge < -0.3 is 10.5 Å². The van der Waals surface area contributed by atoms with Gasteiger partial charge in [0.1, 0.15) is 5.75 Å². The van der Waals surface area contributed by atoms with E-state index in [1.165, 1.54) is 31.2 Å². The smallest absolute Gasteiger partial charge is 0.147 e. The third kappa shape index (κ3) is 6.59. The van der Waals surface area contributed by atoms with Crippen LogP contribution in [0.2, 0.25) is 0 Å². The van der Waals surface area contributed by atoms with Gasteiger partial charge in [0.25, 0.3) is 0 Å². The minimum atomic E-state index is 0.166. The summed E-state index contributed by atoms with van der Waals surface area (Å²) in [7, 11) is 0. The van der Waals surface area contributed by atoms with Crippen LogP contribution >= 0.6 is 31.9 Å². The molecule has 0 fully saturated rings. The van der Waals surface area contributed by atoms with E-state index in [2.05, 4.69) is 50.9 Å². The first-order chi connectivity index (χ1) is 9.54. The summed E-state index contributed by atoms with van der Waals surface area (Å²) in [5.74, 6) is 0.897. The Kier molecular flexibility index (Phi) is 8.82. The van der Waals surface area contributed by atoms with Crippen molar-refractivity contribution < 1.29 is 4.74 Å². The Hall–Kier alpha value is -0.0600. The topological polar surface area (TPSA) is 35.2 Å². The number of nitrogens with two attached hydrogens (primary N) is 1. The molecule has 0 saturated heterocycles. The van der Waals surface area contributed by atoms with Crippen molar-refractivity contribution in [1.82, 2.24) is 0 Å². The van der Waals surface area contributed by atoms with Crippen LogP contribution in [0.3, 0.4) is 0 Å². The predicted octanol–water partition coefficient (Wildman–Crippen LogP) is 5.45. The number of unbranched alkanes of at least 4 members (excludes halogenated alkanes) is 4. The van der Waals surface area contributed by atoms with E-state index in [1.807, 2.05) is 6.92 Å². The summed E-state index contributed by atoms with van der Waals surface area (Å²) >= 11 is 7.17. The molecule has 1 aromatic rings. The molecule has 2 N–H and O–H groups in total. The summed E-state index contributed by atoms with van der Waals surface area (Å²) in [6.07, 6.45) is 7.12. The van der Waals surface area contributed by atoms with Gasteiger partial charge in [-0.05, 0) is 69.3 Å². The van der Waals surface area contributed by atoms with E-state index in [0.29, 0.717) is 0 Å². The van der Waals surface area contributed by atoms with E-state index < -0.39 is 0 Å². The van der Waals surface area contributed by atoms with Crippen LogP contribution in [-0.2, 0) is 6.42 Å². The number of hydrogen-bond donors (Lipinski definition) is 1. The minimum Gasteiger partial charge on any atom is -0.491 e. The van der Waals surface area contributed by atoms with Crippen LogP contribution in [0.15, 0.2) is 21.1 Å². The Morgan fingerprint density at radius 2 is 1.70 bits per heavy atom. The quantitative estimate of drug-likeness (QED) is 0.553. The third-order valence-electron chi connectivity index (χ3n) is 3.11. The van der Waals surface area contributed by atoms with Crippen LogP contribution in [-0.4, -0.2) is 12.6 Å². The molecule has 0 aliphatic rings. The molecule has 0 radical (unpaired) electrons.